The monoisotopic (exact) mass is 247 g/mol. The van der Waals surface area contributed by atoms with Crippen molar-refractivity contribution in [3.63, 3.8) is 0 Å². The highest BCUT2D eigenvalue weighted by molar-refractivity contribution is 5.81. The van der Waals surface area contributed by atoms with Crippen molar-refractivity contribution < 1.29 is 9.53 Å². The molecular weight excluding hydrogens is 230 g/mol. The van der Waals surface area contributed by atoms with Crippen LogP contribution in [0.5, 0.6) is 6.01 Å². The van der Waals surface area contributed by atoms with Gasteiger partial charge in [0.05, 0.1) is 6.54 Å². The Balaban J connectivity index is 1.58. The van der Waals surface area contributed by atoms with Crippen LogP contribution in [-0.4, -0.2) is 40.0 Å². The molecule has 0 spiro atoms. The van der Waals surface area contributed by atoms with Crippen LogP contribution in [-0.2, 0) is 4.79 Å². The number of rotatable bonds is 3. The molecule has 0 radical (unpaired) electrons. The summed E-state index contributed by atoms with van der Waals surface area (Å²) in [7, 11) is 0. The molecule has 0 bridgehead atoms. The maximum atomic E-state index is 12.0. The van der Waals surface area contributed by atoms with Gasteiger partial charge in [-0.1, -0.05) is 0 Å². The van der Waals surface area contributed by atoms with Crippen LogP contribution < -0.4 is 4.74 Å². The second kappa shape index (κ2) is 4.92. The molecule has 5 nitrogen and oxygen atoms in total. The summed E-state index contributed by atoms with van der Waals surface area (Å²) in [4.78, 5) is 22.0. The summed E-state index contributed by atoms with van der Waals surface area (Å²) in [5.74, 6) is 0.592. The van der Waals surface area contributed by atoms with E-state index in [1.54, 1.807) is 18.5 Å². The molecule has 1 aliphatic carbocycles. The van der Waals surface area contributed by atoms with Gasteiger partial charge in [0.1, 0.15) is 6.10 Å². The largest absolute Gasteiger partial charge is 0.458 e. The summed E-state index contributed by atoms with van der Waals surface area (Å²) < 4.78 is 5.72. The molecule has 0 N–H and O–H groups in total. The van der Waals surface area contributed by atoms with E-state index in [9.17, 15) is 4.79 Å². The second-order valence-electron chi connectivity index (χ2n) is 4.97. The van der Waals surface area contributed by atoms with Crippen molar-refractivity contribution in [1.82, 2.24) is 14.9 Å². The van der Waals surface area contributed by atoms with E-state index in [0.717, 1.165) is 32.2 Å². The number of likely N-dealkylation sites (tertiary alicyclic amines) is 1. The summed E-state index contributed by atoms with van der Waals surface area (Å²) >= 11 is 0. The zero-order valence-corrected chi connectivity index (χ0v) is 10.3. The average Bonchev–Trinajstić information content (AvgIpc) is 3.24. The third-order valence-electron chi connectivity index (χ3n) is 3.43. The van der Waals surface area contributed by atoms with Crippen LogP contribution in [0.4, 0.5) is 0 Å². The number of ether oxygens (including phenoxy) is 1. The number of carbonyl (C=O) groups excluding carboxylic acids is 1. The smallest absolute Gasteiger partial charge is 0.316 e. The number of amides is 1. The third kappa shape index (κ3) is 2.60. The fourth-order valence-electron chi connectivity index (χ4n) is 2.32. The topological polar surface area (TPSA) is 55.3 Å². The van der Waals surface area contributed by atoms with Crippen LogP contribution in [0.2, 0.25) is 0 Å². The van der Waals surface area contributed by atoms with Gasteiger partial charge in [-0.3, -0.25) is 4.79 Å². The Morgan fingerprint density at radius 3 is 2.78 bits per heavy atom. The molecule has 1 aromatic rings. The molecule has 1 atom stereocenters. The van der Waals surface area contributed by atoms with Gasteiger partial charge in [-0.15, -0.1) is 0 Å². The van der Waals surface area contributed by atoms with E-state index in [4.69, 9.17) is 4.74 Å². The molecule has 2 fully saturated rings. The molecule has 1 saturated heterocycles. The van der Waals surface area contributed by atoms with E-state index >= 15 is 0 Å². The lowest BCUT2D eigenvalue weighted by atomic mass is 10.1. The highest BCUT2D eigenvalue weighted by atomic mass is 16.5. The molecule has 2 aliphatic rings. The quantitative estimate of drug-likeness (QED) is 0.806. The summed E-state index contributed by atoms with van der Waals surface area (Å²) in [5, 5.41) is 0. The van der Waals surface area contributed by atoms with Crippen molar-refractivity contribution in [2.24, 2.45) is 5.92 Å². The highest BCUT2D eigenvalue weighted by Crippen LogP contribution is 2.32. The van der Waals surface area contributed by atoms with Gasteiger partial charge in [-0.2, -0.15) is 0 Å². The van der Waals surface area contributed by atoms with Crippen molar-refractivity contribution in [1.29, 1.82) is 0 Å². The van der Waals surface area contributed by atoms with Gasteiger partial charge < -0.3 is 9.64 Å². The third-order valence-corrected chi connectivity index (χ3v) is 3.43. The van der Waals surface area contributed by atoms with E-state index < -0.39 is 0 Å². The fourth-order valence-corrected chi connectivity index (χ4v) is 2.32. The Morgan fingerprint density at radius 1 is 1.28 bits per heavy atom. The predicted octanol–water partition coefficient (Wildman–Crippen LogP) is 1.26. The molecule has 1 aromatic heterocycles. The fraction of sp³-hybridized carbons (Fsp3) is 0.615. The van der Waals surface area contributed by atoms with Crippen LogP contribution in [0.3, 0.4) is 0 Å². The van der Waals surface area contributed by atoms with Crippen molar-refractivity contribution in [3.05, 3.63) is 18.5 Å². The van der Waals surface area contributed by atoms with E-state index in [0.29, 0.717) is 18.5 Å². The van der Waals surface area contributed by atoms with Crippen molar-refractivity contribution in [3.8, 4) is 6.01 Å². The first-order valence-electron chi connectivity index (χ1n) is 6.55. The molecule has 3 rings (SSSR count). The van der Waals surface area contributed by atoms with Crippen LogP contribution in [0.25, 0.3) is 0 Å². The SMILES string of the molecule is O=C(C1CC1)N1CCCC(Oc2ncccn2)C1. The Hall–Kier alpha value is -1.65. The number of hydrogen-bond acceptors (Lipinski definition) is 4. The summed E-state index contributed by atoms with van der Waals surface area (Å²) in [6.45, 7) is 1.54. The molecule has 96 valence electrons. The van der Waals surface area contributed by atoms with Gasteiger partial charge in [-0.25, -0.2) is 9.97 Å². The molecule has 1 aliphatic heterocycles. The van der Waals surface area contributed by atoms with Crippen LogP contribution >= 0.6 is 0 Å². The van der Waals surface area contributed by atoms with Gasteiger partial charge in [0.2, 0.25) is 5.91 Å². The number of carbonyl (C=O) groups is 1. The number of aromatic nitrogens is 2. The first kappa shape index (κ1) is 11.4. The van der Waals surface area contributed by atoms with Crippen molar-refractivity contribution in [2.75, 3.05) is 13.1 Å². The molecule has 5 heteroatoms. The van der Waals surface area contributed by atoms with Gasteiger partial charge in [-0.05, 0) is 31.7 Å². The Kier molecular flexibility index (Phi) is 3.13. The van der Waals surface area contributed by atoms with Crippen molar-refractivity contribution in [2.45, 2.75) is 31.8 Å². The first-order chi connectivity index (χ1) is 8.83. The molecule has 18 heavy (non-hydrogen) atoms. The zero-order chi connectivity index (χ0) is 12.4. The summed E-state index contributed by atoms with van der Waals surface area (Å²) in [6.07, 6.45) is 7.44. The molecule has 1 amide bonds. The zero-order valence-electron chi connectivity index (χ0n) is 10.3. The highest BCUT2D eigenvalue weighted by Gasteiger charge is 2.35. The molecular formula is C13H17N3O2. The molecule has 1 saturated carbocycles. The lowest BCUT2D eigenvalue weighted by Crippen LogP contribution is -2.45. The Labute approximate surface area is 106 Å². The lowest BCUT2D eigenvalue weighted by molar-refractivity contribution is -0.135. The van der Waals surface area contributed by atoms with E-state index in [2.05, 4.69) is 9.97 Å². The maximum absolute atomic E-state index is 12.0. The lowest BCUT2D eigenvalue weighted by Gasteiger charge is -2.32. The van der Waals surface area contributed by atoms with Gasteiger partial charge in [0, 0.05) is 24.9 Å². The first-order valence-corrected chi connectivity index (χ1v) is 6.55. The minimum atomic E-state index is 0.0313. The average molecular weight is 247 g/mol. The van der Waals surface area contributed by atoms with Crippen LogP contribution in [0.1, 0.15) is 25.7 Å². The van der Waals surface area contributed by atoms with E-state index in [-0.39, 0.29) is 12.0 Å². The second-order valence-corrected chi connectivity index (χ2v) is 4.97. The van der Waals surface area contributed by atoms with Gasteiger partial charge >= 0.3 is 6.01 Å². The number of piperidine rings is 1. The van der Waals surface area contributed by atoms with Crippen LogP contribution in [0.15, 0.2) is 18.5 Å². The normalized spacial score (nSPS) is 23.8. The maximum Gasteiger partial charge on any atom is 0.316 e. The predicted molar refractivity (Wildman–Crippen MR) is 65.0 cm³/mol. The molecule has 2 heterocycles. The minimum Gasteiger partial charge on any atom is -0.458 e. The van der Waals surface area contributed by atoms with Gasteiger partial charge in [0.25, 0.3) is 0 Å². The van der Waals surface area contributed by atoms with E-state index in [1.165, 1.54) is 0 Å². The number of hydrogen-bond donors (Lipinski definition) is 0. The summed E-state index contributed by atoms with van der Waals surface area (Å²) in [6, 6.07) is 2.17. The minimum absolute atomic E-state index is 0.0313. The number of nitrogens with zero attached hydrogens (tertiary/aromatic N) is 3. The molecule has 0 aromatic carbocycles. The summed E-state index contributed by atoms with van der Waals surface area (Å²) in [5.41, 5.74) is 0. The Morgan fingerprint density at radius 2 is 2.06 bits per heavy atom. The van der Waals surface area contributed by atoms with E-state index in [1.807, 2.05) is 4.90 Å². The van der Waals surface area contributed by atoms with Crippen molar-refractivity contribution >= 4 is 5.91 Å². The standard InChI is InChI=1S/C13H17N3O2/c17-12(10-4-5-10)16-8-1-3-11(9-16)18-13-14-6-2-7-15-13/h2,6-7,10-11H,1,3-5,8-9H2. The van der Waals surface area contributed by atoms with Crippen LogP contribution in [0, 0.1) is 5.92 Å². The molecule has 1 unspecified atom stereocenters. The van der Waals surface area contributed by atoms with Gasteiger partial charge in [0.15, 0.2) is 0 Å². The Bertz CT molecular complexity index is 420.